The van der Waals surface area contributed by atoms with Gasteiger partial charge >= 0.3 is 0 Å². The van der Waals surface area contributed by atoms with Gasteiger partial charge in [-0.25, -0.2) is 0 Å². The van der Waals surface area contributed by atoms with E-state index in [2.05, 4.69) is 44.0 Å². The van der Waals surface area contributed by atoms with Crippen molar-refractivity contribution < 1.29 is 4.74 Å². The van der Waals surface area contributed by atoms with Crippen molar-refractivity contribution in [2.75, 3.05) is 6.61 Å². The largest absolute Gasteiger partial charge is 0.493 e. The Bertz CT molecular complexity index is 710. The summed E-state index contributed by atoms with van der Waals surface area (Å²) in [6.45, 7) is 1.44. The molecule has 0 atom stereocenters. The van der Waals surface area contributed by atoms with Crippen LogP contribution in [0.2, 0.25) is 0 Å². The molecule has 5 heteroatoms. The Hall–Kier alpha value is -1.07. The van der Waals surface area contributed by atoms with Crippen molar-refractivity contribution in [2.24, 2.45) is 0 Å². The number of hydrogen-bond acceptors (Lipinski definition) is 2. The molecule has 0 radical (unpaired) electrons. The minimum Gasteiger partial charge on any atom is -0.493 e. The average Bonchev–Trinajstić information content (AvgIpc) is 2.88. The standard InChI is InChI=1S/C15H13Br2NO2/c16-12-8-13(17)15(19)18(9-12)5-3-10-1-2-14-11(7-10)4-6-20-14/h1-2,7-9H,3-6H2. The van der Waals surface area contributed by atoms with Crippen LogP contribution in [0.5, 0.6) is 5.75 Å². The van der Waals surface area contributed by atoms with E-state index in [0.29, 0.717) is 11.0 Å². The zero-order valence-corrected chi connectivity index (χ0v) is 13.9. The molecule has 0 saturated heterocycles. The third-order valence-electron chi connectivity index (χ3n) is 3.40. The van der Waals surface area contributed by atoms with Gasteiger partial charge in [-0.2, -0.15) is 0 Å². The predicted octanol–water partition coefficient (Wildman–Crippen LogP) is 3.55. The monoisotopic (exact) mass is 397 g/mol. The summed E-state index contributed by atoms with van der Waals surface area (Å²) in [5.74, 6) is 0.996. The zero-order valence-electron chi connectivity index (χ0n) is 10.7. The molecule has 20 heavy (non-hydrogen) atoms. The maximum atomic E-state index is 12.0. The van der Waals surface area contributed by atoms with Crippen LogP contribution in [0.15, 0.2) is 44.2 Å². The first-order valence-electron chi connectivity index (χ1n) is 6.43. The molecule has 1 aliphatic rings. The molecule has 0 unspecified atom stereocenters. The van der Waals surface area contributed by atoms with Gasteiger partial charge in [0.05, 0.1) is 11.1 Å². The second kappa shape index (κ2) is 5.74. The number of ether oxygens (including phenoxy) is 1. The van der Waals surface area contributed by atoms with Crippen LogP contribution in [-0.2, 0) is 19.4 Å². The van der Waals surface area contributed by atoms with E-state index in [1.165, 1.54) is 11.1 Å². The molecule has 0 N–H and O–H groups in total. The molecule has 2 heterocycles. The van der Waals surface area contributed by atoms with Gasteiger partial charge in [0, 0.05) is 23.6 Å². The number of pyridine rings is 1. The first kappa shape index (κ1) is 13.9. The van der Waals surface area contributed by atoms with Crippen LogP contribution >= 0.6 is 31.9 Å². The molecule has 0 bridgehead atoms. The van der Waals surface area contributed by atoms with Crippen LogP contribution in [0.1, 0.15) is 11.1 Å². The Labute approximate surface area is 133 Å². The fraction of sp³-hybridized carbons (Fsp3) is 0.267. The van der Waals surface area contributed by atoms with Gasteiger partial charge in [-0.15, -0.1) is 0 Å². The number of halogens is 2. The van der Waals surface area contributed by atoms with Crippen LogP contribution in [0.25, 0.3) is 0 Å². The van der Waals surface area contributed by atoms with E-state index < -0.39 is 0 Å². The highest BCUT2D eigenvalue weighted by molar-refractivity contribution is 9.11. The Balaban J connectivity index is 1.78. The Kier molecular flexibility index (Phi) is 3.98. The van der Waals surface area contributed by atoms with Crippen LogP contribution in [0, 0.1) is 0 Å². The summed E-state index contributed by atoms with van der Waals surface area (Å²) >= 11 is 6.69. The molecule has 3 nitrogen and oxygen atoms in total. The number of fused-ring (bicyclic) bond motifs is 1. The maximum Gasteiger partial charge on any atom is 0.264 e. The van der Waals surface area contributed by atoms with Crippen molar-refractivity contribution in [3.8, 4) is 5.75 Å². The van der Waals surface area contributed by atoms with Crippen molar-refractivity contribution in [1.82, 2.24) is 4.57 Å². The van der Waals surface area contributed by atoms with Crippen LogP contribution in [0.3, 0.4) is 0 Å². The lowest BCUT2D eigenvalue weighted by atomic mass is 10.1. The summed E-state index contributed by atoms with van der Waals surface area (Å²) < 4.78 is 8.69. The van der Waals surface area contributed by atoms with E-state index in [9.17, 15) is 4.79 Å². The Morgan fingerprint density at radius 3 is 2.95 bits per heavy atom. The van der Waals surface area contributed by atoms with Crippen molar-refractivity contribution in [1.29, 1.82) is 0 Å². The number of aromatic nitrogens is 1. The van der Waals surface area contributed by atoms with Crippen molar-refractivity contribution in [2.45, 2.75) is 19.4 Å². The summed E-state index contributed by atoms with van der Waals surface area (Å²) in [5, 5.41) is 0. The van der Waals surface area contributed by atoms with Crippen molar-refractivity contribution >= 4 is 31.9 Å². The van der Waals surface area contributed by atoms with E-state index in [4.69, 9.17) is 4.74 Å². The lowest BCUT2D eigenvalue weighted by Crippen LogP contribution is -2.21. The molecule has 0 aliphatic carbocycles. The molecule has 0 saturated carbocycles. The highest BCUT2D eigenvalue weighted by atomic mass is 79.9. The minimum absolute atomic E-state index is 0.00214. The highest BCUT2D eigenvalue weighted by Gasteiger charge is 2.12. The molecular formula is C15H13Br2NO2. The molecule has 2 aromatic rings. The van der Waals surface area contributed by atoms with E-state index in [1.807, 2.05) is 12.3 Å². The Morgan fingerprint density at radius 2 is 2.10 bits per heavy atom. The number of rotatable bonds is 3. The van der Waals surface area contributed by atoms with Crippen molar-refractivity contribution in [3.63, 3.8) is 0 Å². The predicted molar refractivity (Wildman–Crippen MR) is 85.4 cm³/mol. The van der Waals surface area contributed by atoms with Gasteiger partial charge in [0.15, 0.2) is 0 Å². The summed E-state index contributed by atoms with van der Waals surface area (Å²) in [6, 6.07) is 8.05. The zero-order chi connectivity index (χ0) is 14.1. The van der Waals surface area contributed by atoms with E-state index >= 15 is 0 Å². The summed E-state index contributed by atoms with van der Waals surface area (Å²) in [4.78, 5) is 12.0. The van der Waals surface area contributed by atoms with Crippen molar-refractivity contribution in [3.05, 3.63) is 60.9 Å². The van der Waals surface area contributed by atoms with Gasteiger partial charge in [0.1, 0.15) is 5.75 Å². The Morgan fingerprint density at radius 1 is 1.25 bits per heavy atom. The number of aryl methyl sites for hydroxylation is 2. The normalized spacial score (nSPS) is 13.1. The fourth-order valence-corrected chi connectivity index (χ4v) is 3.63. The van der Waals surface area contributed by atoms with Crippen LogP contribution in [0.4, 0.5) is 0 Å². The molecule has 1 aliphatic heterocycles. The van der Waals surface area contributed by atoms with E-state index in [1.54, 1.807) is 10.6 Å². The molecule has 0 spiro atoms. The SMILES string of the molecule is O=c1c(Br)cc(Br)cn1CCc1ccc2c(c1)CCO2. The maximum absolute atomic E-state index is 12.0. The molecule has 3 rings (SSSR count). The van der Waals surface area contributed by atoms with Gasteiger partial charge < -0.3 is 9.30 Å². The van der Waals surface area contributed by atoms with Crippen LogP contribution < -0.4 is 10.3 Å². The molecule has 0 amide bonds. The average molecular weight is 399 g/mol. The quantitative estimate of drug-likeness (QED) is 0.791. The molecule has 1 aromatic heterocycles. The van der Waals surface area contributed by atoms with Gasteiger partial charge in [-0.1, -0.05) is 12.1 Å². The number of hydrogen-bond donors (Lipinski definition) is 0. The van der Waals surface area contributed by atoms with E-state index in [-0.39, 0.29) is 5.56 Å². The summed E-state index contributed by atoms with van der Waals surface area (Å²) in [6.07, 6.45) is 3.63. The molecule has 0 fully saturated rings. The second-order valence-electron chi connectivity index (χ2n) is 4.80. The van der Waals surface area contributed by atoms with E-state index in [0.717, 1.165) is 29.7 Å². The minimum atomic E-state index is -0.00214. The van der Waals surface area contributed by atoms with Gasteiger partial charge in [-0.3, -0.25) is 4.79 Å². The van der Waals surface area contributed by atoms with Crippen LogP contribution in [-0.4, -0.2) is 11.2 Å². The molecule has 1 aromatic carbocycles. The highest BCUT2D eigenvalue weighted by Crippen LogP contribution is 2.26. The summed E-state index contributed by atoms with van der Waals surface area (Å²) in [5.41, 5.74) is 2.50. The topological polar surface area (TPSA) is 31.2 Å². The third-order valence-corrected chi connectivity index (χ3v) is 4.41. The molecular weight excluding hydrogens is 386 g/mol. The van der Waals surface area contributed by atoms with Gasteiger partial charge in [0.2, 0.25) is 0 Å². The second-order valence-corrected chi connectivity index (χ2v) is 6.57. The third kappa shape index (κ3) is 2.83. The number of benzene rings is 1. The first-order valence-corrected chi connectivity index (χ1v) is 8.02. The lowest BCUT2D eigenvalue weighted by molar-refractivity contribution is 0.357. The molecule has 104 valence electrons. The smallest absolute Gasteiger partial charge is 0.264 e. The lowest BCUT2D eigenvalue weighted by Gasteiger charge is -2.08. The summed E-state index contributed by atoms with van der Waals surface area (Å²) in [7, 11) is 0. The van der Waals surface area contributed by atoms with Gasteiger partial charge in [-0.05, 0) is 61.5 Å². The first-order chi connectivity index (χ1) is 9.63. The van der Waals surface area contributed by atoms with Gasteiger partial charge in [0.25, 0.3) is 5.56 Å². The fourth-order valence-electron chi connectivity index (χ4n) is 2.38. The number of nitrogens with zero attached hydrogens (tertiary/aromatic N) is 1.